The molecule has 0 atom stereocenters. The molecule has 130 valence electrons. The number of methoxy groups -OCH3 is 1. The van der Waals surface area contributed by atoms with Crippen LogP contribution < -0.4 is 5.32 Å². The van der Waals surface area contributed by atoms with Crippen molar-refractivity contribution in [2.24, 2.45) is 5.92 Å². The van der Waals surface area contributed by atoms with E-state index in [9.17, 15) is 9.59 Å². The fraction of sp³-hybridized carbons (Fsp3) is 0.579. The summed E-state index contributed by atoms with van der Waals surface area (Å²) in [6, 6.07) is 9.19. The second-order valence-corrected chi connectivity index (χ2v) is 7.45. The summed E-state index contributed by atoms with van der Waals surface area (Å²) in [7, 11) is 1.70. The molecule has 24 heavy (non-hydrogen) atoms. The van der Waals surface area contributed by atoms with Crippen LogP contribution in [0.1, 0.15) is 43.5 Å². The first-order valence-corrected chi connectivity index (χ1v) is 8.62. The maximum Gasteiger partial charge on any atom is 0.251 e. The molecule has 1 N–H and O–H groups in total. The van der Waals surface area contributed by atoms with Gasteiger partial charge in [-0.2, -0.15) is 0 Å². The summed E-state index contributed by atoms with van der Waals surface area (Å²) in [4.78, 5) is 26.8. The number of carbonyl (C=O) groups is 2. The molecule has 1 saturated heterocycles. The highest BCUT2D eigenvalue weighted by Gasteiger charge is 2.66. The summed E-state index contributed by atoms with van der Waals surface area (Å²) in [6.07, 6.45) is 2.39. The van der Waals surface area contributed by atoms with E-state index in [1.807, 2.05) is 36.9 Å². The molecule has 2 fully saturated rings. The monoisotopic (exact) mass is 330 g/mol. The summed E-state index contributed by atoms with van der Waals surface area (Å²) in [6.45, 7) is 5.15. The number of benzene rings is 1. The molecular formula is C19H26N2O3. The second-order valence-electron chi connectivity index (χ2n) is 7.45. The number of likely N-dealkylation sites (tertiary alicyclic amines) is 1. The van der Waals surface area contributed by atoms with Gasteiger partial charge in [0.25, 0.3) is 5.91 Å². The van der Waals surface area contributed by atoms with Gasteiger partial charge < -0.3 is 15.0 Å². The minimum Gasteiger partial charge on any atom is -0.376 e. The average molecular weight is 330 g/mol. The highest BCUT2D eigenvalue weighted by molar-refractivity contribution is 5.95. The normalized spacial score (nSPS) is 20.4. The Hall–Kier alpha value is -1.88. The van der Waals surface area contributed by atoms with Crippen LogP contribution >= 0.6 is 0 Å². The van der Waals surface area contributed by atoms with Crippen molar-refractivity contribution in [2.45, 2.75) is 44.2 Å². The Morgan fingerprint density at radius 2 is 1.83 bits per heavy atom. The quantitative estimate of drug-likeness (QED) is 0.870. The Kier molecular flexibility index (Phi) is 4.38. The number of nitrogens with zero attached hydrogens (tertiary/aromatic N) is 1. The molecule has 1 aliphatic heterocycles. The van der Waals surface area contributed by atoms with Gasteiger partial charge in [0, 0.05) is 32.2 Å². The lowest BCUT2D eigenvalue weighted by molar-refractivity contribution is -0.148. The van der Waals surface area contributed by atoms with E-state index in [0.29, 0.717) is 31.0 Å². The first-order chi connectivity index (χ1) is 11.4. The molecule has 2 amide bonds. The highest BCUT2D eigenvalue weighted by Crippen LogP contribution is 2.51. The van der Waals surface area contributed by atoms with Crippen molar-refractivity contribution in [3.63, 3.8) is 0 Å². The van der Waals surface area contributed by atoms with Crippen LogP contribution in [0.25, 0.3) is 0 Å². The summed E-state index contributed by atoms with van der Waals surface area (Å²) >= 11 is 0. The molecule has 1 aromatic carbocycles. The lowest BCUT2D eigenvalue weighted by atomic mass is 9.80. The largest absolute Gasteiger partial charge is 0.376 e. The lowest BCUT2D eigenvalue weighted by Gasteiger charge is -2.54. The molecule has 0 spiro atoms. The fourth-order valence-corrected chi connectivity index (χ4v) is 3.61. The number of carbonyl (C=O) groups excluding carboxylic acids is 2. The Balaban J connectivity index is 1.73. The molecule has 1 aliphatic carbocycles. The third kappa shape index (κ3) is 2.93. The summed E-state index contributed by atoms with van der Waals surface area (Å²) in [5.74, 6) is 0.389. The molecular weight excluding hydrogens is 304 g/mol. The SMILES string of the molecule is COC1(C2(NC(=O)c3ccccc3)CN(C(=O)CC(C)C)C2)CC1. The van der Waals surface area contributed by atoms with E-state index in [1.165, 1.54) is 0 Å². The molecule has 1 saturated carbocycles. The molecule has 0 radical (unpaired) electrons. The van der Waals surface area contributed by atoms with Crippen molar-refractivity contribution in [3.05, 3.63) is 35.9 Å². The number of hydrogen-bond acceptors (Lipinski definition) is 3. The number of amides is 2. The Labute approximate surface area is 143 Å². The van der Waals surface area contributed by atoms with E-state index in [0.717, 1.165) is 12.8 Å². The van der Waals surface area contributed by atoms with Gasteiger partial charge in [0.15, 0.2) is 0 Å². The van der Waals surface area contributed by atoms with Gasteiger partial charge in [-0.25, -0.2) is 0 Å². The molecule has 5 nitrogen and oxygen atoms in total. The van der Waals surface area contributed by atoms with Crippen LogP contribution in [0, 0.1) is 5.92 Å². The van der Waals surface area contributed by atoms with Gasteiger partial charge in [-0.3, -0.25) is 9.59 Å². The molecule has 0 aromatic heterocycles. The van der Waals surface area contributed by atoms with Gasteiger partial charge >= 0.3 is 0 Å². The zero-order valence-electron chi connectivity index (χ0n) is 14.7. The first kappa shape index (κ1) is 17.0. The number of hydrogen-bond donors (Lipinski definition) is 1. The Morgan fingerprint density at radius 1 is 1.21 bits per heavy atom. The summed E-state index contributed by atoms with van der Waals surface area (Å²) < 4.78 is 5.75. The zero-order valence-corrected chi connectivity index (χ0v) is 14.7. The van der Waals surface area contributed by atoms with E-state index in [1.54, 1.807) is 19.2 Å². The summed E-state index contributed by atoms with van der Waals surface area (Å²) in [5.41, 5.74) is -0.163. The predicted octanol–water partition coefficient (Wildman–Crippen LogP) is 2.22. The predicted molar refractivity (Wildman–Crippen MR) is 91.6 cm³/mol. The Bertz CT molecular complexity index is 617. The number of ether oxygens (including phenoxy) is 1. The van der Waals surface area contributed by atoms with Gasteiger partial charge in [0.1, 0.15) is 5.54 Å². The lowest BCUT2D eigenvalue weighted by Crippen LogP contribution is -2.77. The van der Waals surface area contributed by atoms with Crippen LogP contribution in [0.3, 0.4) is 0 Å². The van der Waals surface area contributed by atoms with Gasteiger partial charge in [-0.15, -0.1) is 0 Å². The zero-order chi connectivity index (χ0) is 17.4. The van der Waals surface area contributed by atoms with Gasteiger partial charge in [-0.05, 0) is 30.9 Å². The van der Waals surface area contributed by atoms with Crippen molar-refractivity contribution in [1.29, 1.82) is 0 Å². The van der Waals surface area contributed by atoms with Crippen molar-refractivity contribution < 1.29 is 14.3 Å². The van der Waals surface area contributed by atoms with E-state index in [2.05, 4.69) is 5.32 Å². The van der Waals surface area contributed by atoms with Crippen molar-refractivity contribution in [3.8, 4) is 0 Å². The molecule has 2 aliphatic rings. The van der Waals surface area contributed by atoms with E-state index < -0.39 is 5.54 Å². The van der Waals surface area contributed by atoms with Crippen LogP contribution in [0.15, 0.2) is 30.3 Å². The molecule has 0 unspecified atom stereocenters. The van der Waals surface area contributed by atoms with Crippen LogP contribution in [0.2, 0.25) is 0 Å². The van der Waals surface area contributed by atoms with Crippen LogP contribution in [-0.4, -0.2) is 48.1 Å². The smallest absolute Gasteiger partial charge is 0.251 e. The van der Waals surface area contributed by atoms with Crippen LogP contribution in [0.5, 0.6) is 0 Å². The molecule has 3 rings (SSSR count). The van der Waals surface area contributed by atoms with Gasteiger partial charge in [0.2, 0.25) is 5.91 Å². The van der Waals surface area contributed by atoms with Gasteiger partial charge in [0.05, 0.1) is 5.60 Å². The minimum atomic E-state index is -0.471. The third-order valence-electron chi connectivity index (χ3n) is 5.21. The van der Waals surface area contributed by atoms with Crippen molar-refractivity contribution in [2.75, 3.05) is 20.2 Å². The molecule has 5 heteroatoms. The maximum absolute atomic E-state index is 12.6. The fourth-order valence-electron chi connectivity index (χ4n) is 3.61. The number of nitrogens with one attached hydrogen (secondary N) is 1. The van der Waals surface area contributed by atoms with E-state index >= 15 is 0 Å². The first-order valence-electron chi connectivity index (χ1n) is 8.62. The van der Waals surface area contributed by atoms with Crippen molar-refractivity contribution in [1.82, 2.24) is 10.2 Å². The molecule has 1 heterocycles. The molecule has 1 aromatic rings. The molecule has 0 bridgehead atoms. The Morgan fingerprint density at radius 3 is 2.33 bits per heavy atom. The standard InChI is InChI=1S/C19H26N2O3/c1-14(2)11-16(22)21-12-18(13-21,19(24-3)9-10-19)20-17(23)15-7-5-4-6-8-15/h4-8,14H,9-13H2,1-3H3,(H,20,23). The third-order valence-corrected chi connectivity index (χ3v) is 5.21. The van der Waals surface area contributed by atoms with E-state index in [-0.39, 0.29) is 17.4 Å². The van der Waals surface area contributed by atoms with Gasteiger partial charge in [-0.1, -0.05) is 32.0 Å². The maximum atomic E-state index is 12.6. The minimum absolute atomic E-state index is 0.102. The van der Waals surface area contributed by atoms with E-state index in [4.69, 9.17) is 4.74 Å². The topological polar surface area (TPSA) is 58.6 Å². The second kappa shape index (κ2) is 6.20. The summed E-state index contributed by atoms with van der Waals surface area (Å²) in [5, 5.41) is 3.18. The highest BCUT2D eigenvalue weighted by atomic mass is 16.5. The average Bonchev–Trinajstić information content (AvgIpc) is 3.31. The van der Waals surface area contributed by atoms with Crippen LogP contribution in [-0.2, 0) is 9.53 Å². The van der Waals surface area contributed by atoms with Crippen molar-refractivity contribution >= 4 is 11.8 Å². The van der Waals surface area contributed by atoms with Crippen LogP contribution in [0.4, 0.5) is 0 Å². The number of rotatable bonds is 6.